The van der Waals surface area contributed by atoms with Crippen LogP contribution in [0, 0.1) is 0 Å². The van der Waals surface area contributed by atoms with Gasteiger partial charge in [0, 0.05) is 44.1 Å². The Labute approximate surface area is 132 Å². The van der Waals surface area contributed by atoms with E-state index < -0.39 is 0 Å². The fourth-order valence-electron chi connectivity index (χ4n) is 3.28. The molecule has 0 bridgehead atoms. The molecule has 2 aliphatic rings. The molecule has 2 heterocycles. The number of carbonyl (C=O) groups excluding carboxylic acids is 1. The zero-order valence-electron chi connectivity index (χ0n) is 13.6. The van der Waals surface area contributed by atoms with E-state index in [0.29, 0.717) is 6.42 Å². The molecule has 3 rings (SSSR count). The van der Waals surface area contributed by atoms with Gasteiger partial charge in [-0.3, -0.25) is 4.79 Å². The molecular formula is C17H26N4O. The van der Waals surface area contributed by atoms with Crippen LogP contribution in [0.1, 0.15) is 12.0 Å². The van der Waals surface area contributed by atoms with Crippen LogP contribution < -0.4 is 15.1 Å². The van der Waals surface area contributed by atoms with Gasteiger partial charge in [-0.15, -0.1) is 0 Å². The highest BCUT2D eigenvalue weighted by Crippen LogP contribution is 2.32. The van der Waals surface area contributed by atoms with E-state index in [-0.39, 0.29) is 5.91 Å². The molecule has 1 amide bonds. The van der Waals surface area contributed by atoms with Crippen LogP contribution in [0.2, 0.25) is 0 Å². The van der Waals surface area contributed by atoms with Crippen molar-refractivity contribution < 1.29 is 4.79 Å². The lowest BCUT2D eigenvalue weighted by Crippen LogP contribution is -2.43. The molecule has 2 aliphatic heterocycles. The Hall–Kier alpha value is -1.59. The fourth-order valence-corrected chi connectivity index (χ4v) is 3.28. The molecule has 1 aromatic carbocycles. The molecule has 1 aromatic rings. The summed E-state index contributed by atoms with van der Waals surface area (Å²) in [5, 5.41) is 3.38. The summed E-state index contributed by atoms with van der Waals surface area (Å²) >= 11 is 0. The minimum Gasteiger partial charge on any atom is -0.369 e. The number of amides is 1. The van der Waals surface area contributed by atoms with E-state index in [0.717, 1.165) is 51.4 Å². The third-order valence-corrected chi connectivity index (χ3v) is 4.47. The number of hydrogen-bond acceptors (Lipinski definition) is 4. The normalized spacial score (nSPS) is 18.2. The zero-order chi connectivity index (χ0) is 15.5. The fraction of sp³-hybridized carbons (Fsp3) is 0.588. The van der Waals surface area contributed by atoms with E-state index in [2.05, 4.69) is 47.4 Å². The minimum atomic E-state index is 0.242. The quantitative estimate of drug-likeness (QED) is 0.878. The van der Waals surface area contributed by atoms with Gasteiger partial charge in [-0.25, -0.2) is 0 Å². The lowest BCUT2D eigenvalue weighted by atomic mass is 10.1. The maximum Gasteiger partial charge on any atom is 0.231 e. The van der Waals surface area contributed by atoms with Gasteiger partial charge in [0.2, 0.25) is 5.91 Å². The first kappa shape index (κ1) is 15.3. The van der Waals surface area contributed by atoms with Gasteiger partial charge in [0.15, 0.2) is 0 Å². The van der Waals surface area contributed by atoms with Crippen LogP contribution in [0.4, 0.5) is 11.4 Å². The Kier molecular flexibility index (Phi) is 4.64. The molecule has 1 N–H and O–H groups in total. The SMILES string of the molecule is CN(C)CCCN1C(=O)Cc2cc(N3CCNCC3)ccc21. The Morgan fingerprint density at radius 1 is 1.23 bits per heavy atom. The summed E-state index contributed by atoms with van der Waals surface area (Å²) in [4.78, 5) is 18.8. The highest BCUT2D eigenvalue weighted by atomic mass is 16.2. The van der Waals surface area contributed by atoms with Gasteiger partial charge in [0.25, 0.3) is 0 Å². The van der Waals surface area contributed by atoms with Crippen molar-refractivity contribution >= 4 is 17.3 Å². The topological polar surface area (TPSA) is 38.8 Å². The monoisotopic (exact) mass is 302 g/mol. The summed E-state index contributed by atoms with van der Waals surface area (Å²) in [6.45, 7) is 5.98. The summed E-state index contributed by atoms with van der Waals surface area (Å²) in [6, 6.07) is 6.51. The average Bonchev–Trinajstić information content (AvgIpc) is 2.83. The minimum absolute atomic E-state index is 0.242. The number of anilines is 2. The highest BCUT2D eigenvalue weighted by Gasteiger charge is 2.27. The zero-order valence-corrected chi connectivity index (χ0v) is 13.6. The lowest BCUT2D eigenvalue weighted by Gasteiger charge is -2.30. The smallest absolute Gasteiger partial charge is 0.231 e. The van der Waals surface area contributed by atoms with Crippen molar-refractivity contribution in [3.63, 3.8) is 0 Å². The molecule has 5 nitrogen and oxygen atoms in total. The largest absolute Gasteiger partial charge is 0.369 e. The molecular weight excluding hydrogens is 276 g/mol. The Morgan fingerprint density at radius 2 is 2.00 bits per heavy atom. The highest BCUT2D eigenvalue weighted by molar-refractivity contribution is 6.01. The number of fused-ring (bicyclic) bond motifs is 1. The first-order chi connectivity index (χ1) is 10.6. The molecule has 1 fully saturated rings. The molecule has 120 valence electrons. The molecule has 1 saturated heterocycles. The van der Waals surface area contributed by atoms with Crippen molar-refractivity contribution in [3.05, 3.63) is 23.8 Å². The third kappa shape index (κ3) is 3.25. The third-order valence-electron chi connectivity index (χ3n) is 4.47. The van der Waals surface area contributed by atoms with Crippen LogP contribution in [-0.4, -0.2) is 64.2 Å². The number of piperazine rings is 1. The maximum atomic E-state index is 12.3. The van der Waals surface area contributed by atoms with Crippen molar-refractivity contribution in [2.24, 2.45) is 0 Å². The molecule has 0 aromatic heterocycles. The van der Waals surface area contributed by atoms with Gasteiger partial charge in [0.1, 0.15) is 0 Å². The number of benzene rings is 1. The van der Waals surface area contributed by atoms with E-state index in [1.165, 1.54) is 11.3 Å². The van der Waals surface area contributed by atoms with Crippen LogP contribution in [-0.2, 0) is 11.2 Å². The number of nitrogens with one attached hydrogen (secondary N) is 1. The van der Waals surface area contributed by atoms with Crippen LogP contribution >= 0.6 is 0 Å². The van der Waals surface area contributed by atoms with Crippen LogP contribution in [0.5, 0.6) is 0 Å². The van der Waals surface area contributed by atoms with Crippen molar-refractivity contribution in [1.29, 1.82) is 0 Å². The van der Waals surface area contributed by atoms with Gasteiger partial charge in [0.05, 0.1) is 6.42 Å². The van der Waals surface area contributed by atoms with Gasteiger partial charge >= 0.3 is 0 Å². The standard InChI is InChI=1S/C17H26N4O/c1-19(2)8-3-9-21-16-5-4-15(12-14(16)13-17(21)22)20-10-6-18-7-11-20/h4-5,12,18H,3,6-11,13H2,1-2H3. The molecule has 0 aliphatic carbocycles. The number of rotatable bonds is 5. The van der Waals surface area contributed by atoms with Crippen LogP contribution in [0.3, 0.4) is 0 Å². The molecule has 5 heteroatoms. The molecule has 0 atom stereocenters. The Bertz CT molecular complexity index is 537. The van der Waals surface area contributed by atoms with Crippen molar-refractivity contribution in [2.75, 3.05) is 63.2 Å². The second-order valence-electron chi connectivity index (χ2n) is 6.43. The molecule has 0 unspecified atom stereocenters. The second kappa shape index (κ2) is 6.67. The molecule has 0 spiro atoms. The summed E-state index contributed by atoms with van der Waals surface area (Å²) in [7, 11) is 4.14. The van der Waals surface area contributed by atoms with Gasteiger partial charge < -0.3 is 20.0 Å². The van der Waals surface area contributed by atoms with E-state index >= 15 is 0 Å². The lowest BCUT2D eigenvalue weighted by molar-refractivity contribution is -0.117. The van der Waals surface area contributed by atoms with Crippen LogP contribution in [0.15, 0.2) is 18.2 Å². The van der Waals surface area contributed by atoms with Crippen molar-refractivity contribution in [2.45, 2.75) is 12.8 Å². The number of carbonyl (C=O) groups is 1. The van der Waals surface area contributed by atoms with Gasteiger partial charge in [-0.05, 0) is 50.8 Å². The first-order valence-corrected chi connectivity index (χ1v) is 8.19. The van der Waals surface area contributed by atoms with Crippen molar-refractivity contribution in [3.8, 4) is 0 Å². The predicted molar refractivity (Wildman–Crippen MR) is 90.8 cm³/mol. The van der Waals surface area contributed by atoms with Gasteiger partial charge in [-0.2, -0.15) is 0 Å². The van der Waals surface area contributed by atoms with Crippen LogP contribution in [0.25, 0.3) is 0 Å². The number of hydrogen-bond donors (Lipinski definition) is 1. The summed E-state index contributed by atoms with van der Waals surface area (Å²) in [5.41, 5.74) is 3.55. The predicted octanol–water partition coefficient (Wildman–Crippen LogP) is 0.937. The van der Waals surface area contributed by atoms with E-state index in [9.17, 15) is 4.79 Å². The maximum absolute atomic E-state index is 12.3. The molecule has 0 saturated carbocycles. The van der Waals surface area contributed by atoms with Crippen molar-refractivity contribution in [1.82, 2.24) is 10.2 Å². The molecule has 22 heavy (non-hydrogen) atoms. The number of nitrogens with zero attached hydrogens (tertiary/aromatic N) is 3. The summed E-state index contributed by atoms with van der Waals surface area (Å²) in [6.07, 6.45) is 1.56. The average molecular weight is 302 g/mol. The first-order valence-electron chi connectivity index (χ1n) is 8.19. The second-order valence-corrected chi connectivity index (χ2v) is 6.43. The summed E-state index contributed by atoms with van der Waals surface area (Å²) in [5.74, 6) is 0.242. The van der Waals surface area contributed by atoms with E-state index in [1.807, 2.05) is 4.90 Å². The van der Waals surface area contributed by atoms with E-state index in [4.69, 9.17) is 0 Å². The summed E-state index contributed by atoms with van der Waals surface area (Å²) < 4.78 is 0. The van der Waals surface area contributed by atoms with Gasteiger partial charge in [-0.1, -0.05) is 0 Å². The van der Waals surface area contributed by atoms with E-state index in [1.54, 1.807) is 0 Å². The molecule has 0 radical (unpaired) electrons. The Morgan fingerprint density at radius 3 is 2.73 bits per heavy atom. The Balaban J connectivity index is 1.71.